The van der Waals surface area contributed by atoms with Crippen molar-refractivity contribution in [3.8, 4) is 5.75 Å². The van der Waals surface area contributed by atoms with E-state index in [1.807, 2.05) is 12.1 Å². The Bertz CT molecular complexity index is 672. The maximum absolute atomic E-state index is 5.72. The zero-order chi connectivity index (χ0) is 15.6. The molecule has 4 rings (SSSR count). The SMILES string of the molecule is CN1CCNCC1c1noc(CC2CCOc3ccccc32)n1. The Morgan fingerprint density at radius 2 is 2.26 bits per heavy atom. The highest BCUT2D eigenvalue weighted by molar-refractivity contribution is 5.38. The van der Waals surface area contributed by atoms with Crippen LogP contribution < -0.4 is 10.1 Å². The minimum absolute atomic E-state index is 0.197. The van der Waals surface area contributed by atoms with Gasteiger partial charge in [0.2, 0.25) is 5.89 Å². The van der Waals surface area contributed by atoms with E-state index in [1.54, 1.807) is 0 Å². The minimum atomic E-state index is 0.197. The fraction of sp³-hybridized carbons (Fsp3) is 0.529. The molecule has 0 spiro atoms. The number of hydrogen-bond donors (Lipinski definition) is 1. The van der Waals surface area contributed by atoms with Gasteiger partial charge < -0.3 is 14.6 Å². The van der Waals surface area contributed by atoms with Crippen LogP contribution in [0.15, 0.2) is 28.8 Å². The third kappa shape index (κ3) is 2.96. The second kappa shape index (κ2) is 6.29. The van der Waals surface area contributed by atoms with Gasteiger partial charge in [0.1, 0.15) is 5.75 Å². The van der Waals surface area contributed by atoms with Crippen LogP contribution in [0, 0.1) is 0 Å². The van der Waals surface area contributed by atoms with Gasteiger partial charge in [-0.05, 0) is 31.0 Å². The number of hydrogen-bond acceptors (Lipinski definition) is 6. The van der Waals surface area contributed by atoms with Crippen molar-refractivity contribution in [3.63, 3.8) is 0 Å². The van der Waals surface area contributed by atoms with Crippen molar-refractivity contribution in [2.45, 2.75) is 24.8 Å². The van der Waals surface area contributed by atoms with Crippen LogP contribution in [0.5, 0.6) is 5.75 Å². The molecule has 2 aliphatic heterocycles. The van der Waals surface area contributed by atoms with E-state index in [0.717, 1.165) is 56.5 Å². The summed E-state index contributed by atoms with van der Waals surface area (Å²) in [5, 5.41) is 7.60. The first-order valence-electron chi connectivity index (χ1n) is 8.26. The van der Waals surface area contributed by atoms with Crippen molar-refractivity contribution in [1.29, 1.82) is 0 Å². The molecule has 2 aromatic rings. The molecule has 0 amide bonds. The van der Waals surface area contributed by atoms with Crippen molar-refractivity contribution < 1.29 is 9.26 Å². The molecule has 1 saturated heterocycles. The molecule has 1 N–H and O–H groups in total. The first-order valence-corrected chi connectivity index (χ1v) is 8.26. The molecular weight excluding hydrogens is 292 g/mol. The van der Waals surface area contributed by atoms with Crippen LogP contribution in [-0.4, -0.2) is 48.3 Å². The lowest BCUT2D eigenvalue weighted by Gasteiger charge is -2.30. The molecule has 0 aliphatic carbocycles. The molecule has 23 heavy (non-hydrogen) atoms. The highest BCUT2D eigenvalue weighted by Gasteiger charge is 2.27. The third-order valence-corrected chi connectivity index (χ3v) is 4.80. The molecule has 6 heteroatoms. The van der Waals surface area contributed by atoms with E-state index >= 15 is 0 Å². The highest BCUT2D eigenvalue weighted by atomic mass is 16.5. The number of ether oxygens (including phenoxy) is 1. The van der Waals surface area contributed by atoms with Gasteiger partial charge in [0.05, 0.1) is 12.6 Å². The monoisotopic (exact) mass is 314 g/mol. The predicted octanol–water partition coefficient (Wildman–Crippen LogP) is 1.75. The van der Waals surface area contributed by atoms with Crippen LogP contribution in [0.25, 0.3) is 0 Å². The van der Waals surface area contributed by atoms with E-state index < -0.39 is 0 Å². The Morgan fingerprint density at radius 3 is 3.17 bits per heavy atom. The molecule has 3 heterocycles. The predicted molar refractivity (Wildman–Crippen MR) is 85.5 cm³/mol. The summed E-state index contributed by atoms with van der Waals surface area (Å²) in [6.45, 7) is 3.63. The zero-order valence-corrected chi connectivity index (χ0v) is 13.4. The van der Waals surface area contributed by atoms with Crippen molar-refractivity contribution in [2.24, 2.45) is 0 Å². The Kier molecular flexibility index (Phi) is 4.01. The van der Waals surface area contributed by atoms with Crippen LogP contribution in [0.2, 0.25) is 0 Å². The number of benzene rings is 1. The first-order chi connectivity index (χ1) is 11.3. The summed E-state index contributed by atoms with van der Waals surface area (Å²) < 4.78 is 11.3. The summed E-state index contributed by atoms with van der Waals surface area (Å²) in [6, 6.07) is 8.43. The van der Waals surface area contributed by atoms with Gasteiger partial charge in [-0.2, -0.15) is 4.98 Å². The normalized spacial score (nSPS) is 24.9. The van der Waals surface area contributed by atoms with Gasteiger partial charge in [-0.25, -0.2) is 0 Å². The second-order valence-electron chi connectivity index (χ2n) is 6.32. The van der Waals surface area contributed by atoms with E-state index in [2.05, 4.69) is 39.5 Å². The standard InChI is InChI=1S/C17H22N4O2/c1-21-8-7-18-11-14(21)17-19-16(23-20-17)10-12-6-9-22-15-5-3-2-4-13(12)15/h2-5,12,14,18H,6-11H2,1H3. The second-order valence-corrected chi connectivity index (χ2v) is 6.32. The highest BCUT2D eigenvalue weighted by Crippen LogP contribution is 2.35. The molecule has 122 valence electrons. The van der Waals surface area contributed by atoms with Crippen LogP contribution in [0.4, 0.5) is 0 Å². The van der Waals surface area contributed by atoms with E-state index in [9.17, 15) is 0 Å². The summed E-state index contributed by atoms with van der Waals surface area (Å²) in [7, 11) is 2.11. The van der Waals surface area contributed by atoms with Crippen molar-refractivity contribution in [1.82, 2.24) is 20.4 Å². The van der Waals surface area contributed by atoms with Crippen molar-refractivity contribution >= 4 is 0 Å². The quantitative estimate of drug-likeness (QED) is 0.931. The smallest absolute Gasteiger partial charge is 0.227 e. The summed E-state index contributed by atoms with van der Waals surface area (Å²) >= 11 is 0. The van der Waals surface area contributed by atoms with Crippen molar-refractivity contribution in [3.05, 3.63) is 41.5 Å². The minimum Gasteiger partial charge on any atom is -0.493 e. The molecule has 1 aromatic carbocycles. The molecule has 2 aliphatic rings. The van der Waals surface area contributed by atoms with Gasteiger partial charge in [0.25, 0.3) is 0 Å². The number of likely N-dealkylation sites (N-methyl/N-ethyl adjacent to an activating group) is 1. The molecule has 6 nitrogen and oxygen atoms in total. The van der Waals surface area contributed by atoms with E-state index in [4.69, 9.17) is 9.26 Å². The lowest BCUT2D eigenvalue weighted by molar-refractivity contribution is 0.190. The van der Waals surface area contributed by atoms with Crippen molar-refractivity contribution in [2.75, 3.05) is 33.3 Å². The third-order valence-electron chi connectivity index (χ3n) is 4.80. The van der Waals surface area contributed by atoms with Gasteiger partial charge in [-0.3, -0.25) is 4.90 Å². The number of para-hydroxylation sites is 1. The summed E-state index contributed by atoms with van der Waals surface area (Å²) in [5.74, 6) is 2.88. The molecule has 1 fully saturated rings. The van der Waals surface area contributed by atoms with Gasteiger partial charge >= 0.3 is 0 Å². The molecule has 0 radical (unpaired) electrons. The number of piperazine rings is 1. The van der Waals surface area contributed by atoms with Gasteiger partial charge in [-0.15, -0.1) is 0 Å². The number of rotatable bonds is 3. The van der Waals surface area contributed by atoms with Crippen LogP contribution in [0.3, 0.4) is 0 Å². The Labute approximate surface area is 135 Å². The fourth-order valence-corrected chi connectivity index (χ4v) is 3.42. The summed E-state index contributed by atoms with van der Waals surface area (Å²) in [5.41, 5.74) is 1.25. The molecule has 1 aromatic heterocycles. The molecule has 2 atom stereocenters. The van der Waals surface area contributed by atoms with E-state index in [-0.39, 0.29) is 6.04 Å². The first kappa shape index (κ1) is 14.7. The topological polar surface area (TPSA) is 63.4 Å². The number of fused-ring (bicyclic) bond motifs is 1. The zero-order valence-electron chi connectivity index (χ0n) is 13.4. The number of nitrogens with zero attached hydrogens (tertiary/aromatic N) is 3. The maximum Gasteiger partial charge on any atom is 0.227 e. The van der Waals surface area contributed by atoms with Crippen LogP contribution in [0.1, 0.15) is 35.7 Å². The largest absolute Gasteiger partial charge is 0.493 e. The Balaban J connectivity index is 1.50. The molecular formula is C17H22N4O2. The fourth-order valence-electron chi connectivity index (χ4n) is 3.42. The molecule has 0 saturated carbocycles. The van der Waals surface area contributed by atoms with Crippen LogP contribution >= 0.6 is 0 Å². The summed E-state index contributed by atoms with van der Waals surface area (Å²) in [6.07, 6.45) is 1.76. The molecule has 0 bridgehead atoms. The van der Waals surface area contributed by atoms with Gasteiger partial charge in [0, 0.05) is 26.1 Å². The lowest BCUT2D eigenvalue weighted by atomic mass is 9.90. The molecule has 2 unspecified atom stereocenters. The van der Waals surface area contributed by atoms with Gasteiger partial charge in [-0.1, -0.05) is 23.4 Å². The summed E-state index contributed by atoms with van der Waals surface area (Å²) in [4.78, 5) is 6.92. The maximum atomic E-state index is 5.72. The average molecular weight is 314 g/mol. The number of nitrogens with one attached hydrogen (secondary N) is 1. The van der Waals surface area contributed by atoms with E-state index in [1.165, 1.54) is 5.56 Å². The average Bonchev–Trinajstić information content (AvgIpc) is 3.04. The lowest BCUT2D eigenvalue weighted by Crippen LogP contribution is -2.44. The van der Waals surface area contributed by atoms with Gasteiger partial charge in [0.15, 0.2) is 5.82 Å². The Morgan fingerprint density at radius 1 is 1.35 bits per heavy atom. The van der Waals surface area contributed by atoms with Crippen LogP contribution in [-0.2, 0) is 6.42 Å². The number of aromatic nitrogens is 2. The van der Waals surface area contributed by atoms with E-state index in [0.29, 0.717) is 5.92 Å². The Hall–Kier alpha value is -1.92.